The van der Waals surface area contributed by atoms with Crippen molar-refractivity contribution in [1.82, 2.24) is 0 Å². The zero-order valence-electron chi connectivity index (χ0n) is 10.4. The summed E-state index contributed by atoms with van der Waals surface area (Å²) in [6, 6.07) is 6.70. The fourth-order valence-corrected chi connectivity index (χ4v) is 1.71. The Morgan fingerprint density at radius 2 is 1.62 bits per heavy atom. The lowest BCUT2D eigenvalue weighted by molar-refractivity contribution is 1.12. The molecule has 0 aliphatic carbocycles. The predicted molar refractivity (Wildman–Crippen MR) is 72.5 cm³/mol. The van der Waals surface area contributed by atoms with Crippen LogP contribution in [0.3, 0.4) is 0 Å². The van der Waals surface area contributed by atoms with E-state index in [9.17, 15) is 0 Å². The van der Waals surface area contributed by atoms with E-state index in [1.807, 2.05) is 0 Å². The summed E-state index contributed by atoms with van der Waals surface area (Å²) in [6.45, 7) is 8.07. The largest absolute Gasteiger partial charge is 0.0913 e. The average molecular weight is 213 g/mol. The van der Waals surface area contributed by atoms with Gasteiger partial charge in [0.2, 0.25) is 0 Å². The van der Waals surface area contributed by atoms with Gasteiger partial charge < -0.3 is 0 Å². The van der Waals surface area contributed by atoms with Crippen LogP contribution < -0.4 is 0 Å². The molecule has 1 rings (SSSR count). The zero-order chi connectivity index (χ0) is 11.8. The van der Waals surface area contributed by atoms with Gasteiger partial charge in [0, 0.05) is 0 Å². The van der Waals surface area contributed by atoms with Gasteiger partial charge in [-0.25, -0.2) is 0 Å². The molecular weight excluding hydrogens is 192 g/mol. The SMILES string of the molecule is [CH2]Cc1ccc(CC=CC)c(CC=CC)c1. The summed E-state index contributed by atoms with van der Waals surface area (Å²) in [4.78, 5) is 0. The molecular formula is C16H21. The van der Waals surface area contributed by atoms with E-state index in [-0.39, 0.29) is 0 Å². The van der Waals surface area contributed by atoms with Crippen LogP contribution in [0.15, 0.2) is 42.5 Å². The van der Waals surface area contributed by atoms with Crippen LogP contribution in [0.25, 0.3) is 0 Å². The Labute approximate surface area is 99.7 Å². The van der Waals surface area contributed by atoms with Crippen molar-refractivity contribution in [2.45, 2.75) is 33.1 Å². The first-order chi connectivity index (χ1) is 7.81. The summed E-state index contributed by atoms with van der Waals surface area (Å²) < 4.78 is 0. The summed E-state index contributed by atoms with van der Waals surface area (Å²) >= 11 is 0. The maximum absolute atomic E-state index is 3.94. The summed E-state index contributed by atoms with van der Waals surface area (Å²) in [6.07, 6.45) is 11.6. The molecule has 0 aromatic heterocycles. The average Bonchev–Trinajstić information content (AvgIpc) is 2.34. The molecule has 0 amide bonds. The summed E-state index contributed by atoms with van der Waals surface area (Å²) in [7, 11) is 0. The highest BCUT2D eigenvalue weighted by Gasteiger charge is 2.00. The third kappa shape index (κ3) is 3.69. The van der Waals surface area contributed by atoms with Crippen LogP contribution >= 0.6 is 0 Å². The number of rotatable bonds is 5. The molecule has 0 atom stereocenters. The van der Waals surface area contributed by atoms with Crippen molar-refractivity contribution in [3.8, 4) is 0 Å². The third-order valence-corrected chi connectivity index (χ3v) is 2.71. The maximum atomic E-state index is 3.94. The molecule has 0 aliphatic heterocycles. The van der Waals surface area contributed by atoms with E-state index in [2.05, 4.69) is 63.3 Å². The normalized spacial score (nSPS) is 11.7. The van der Waals surface area contributed by atoms with Crippen molar-refractivity contribution in [2.75, 3.05) is 0 Å². The Kier molecular flexibility index (Phi) is 5.63. The quantitative estimate of drug-likeness (QED) is 0.640. The minimum absolute atomic E-state index is 0.868. The molecule has 1 radical (unpaired) electrons. The fraction of sp³-hybridized carbons (Fsp3) is 0.312. The second kappa shape index (κ2) is 7.05. The molecule has 16 heavy (non-hydrogen) atoms. The molecule has 0 unspecified atom stereocenters. The van der Waals surface area contributed by atoms with Gasteiger partial charge in [0.05, 0.1) is 0 Å². The lowest BCUT2D eigenvalue weighted by Gasteiger charge is -2.08. The van der Waals surface area contributed by atoms with Crippen LogP contribution in [0, 0.1) is 6.92 Å². The minimum Gasteiger partial charge on any atom is -0.0913 e. The number of benzene rings is 1. The first kappa shape index (κ1) is 12.8. The van der Waals surface area contributed by atoms with E-state index < -0.39 is 0 Å². The van der Waals surface area contributed by atoms with Crippen LogP contribution in [0.5, 0.6) is 0 Å². The molecule has 0 aliphatic rings. The third-order valence-electron chi connectivity index (χ3n) is 2.71. The smallest absolute Gasteiger partial charge is 0.00946 e. The Bertz CT molecular complexity index is 370. The summed E-state index contributed by atoms with van der Waals surface area (Å²) in [5.74, 6) is 0. The van der Waals surface area contributed by atoms with Crippen molar-refractivity contribution in [3.63, 3.8) is 0 Å². The Morgan fingerprint density at radius 1 is 1.00 bits per heavy atom. The lowest BCUT2D eigenvalue weighted by atomic mass is 9.98. The molecule has 1 aromatic carbocycles. The first-order valence-corrected chi connectivity index (χ1v) is 5.94. The number of hydrogen-bond acceptors (Lipinski definition) is 0. The highest BCUT2D eigenvalue weighted by atomic mass is 14.1. The van der Waals surface area contributed by atoms with Crippen LogP contribution in [-0.2, 0) is 19.3 Å². The van der Waals surface area contributed by atoms with Crippen molar-refractivity contribution < 1.29 is 0 Å². The molecule has 0 heteroatoms. The van der Waals surface area contributed by atoms with E-state index in [0.717, 1.165) is 19.3 Å². The Morgan fingerprint density at radius 3 is 2.19 bits per heavy atom. The summed E-state index contributed by atoms with van der Waals surface area (Å²) in [5.41, 5.74) is 4.18. The van der Waals surface area contributed by atoms with Gasteiger partial charge in [0.1, 0.15) is 0 Å². The molecule has 0 nitrogen and oxygen atoms in total. The van der Waals surface area contributed by atoms with Gasteiger partial charge in [-0.15, -0.1) is 0 Å². The monoisotopic (exact) mass is 213 g/mol. The van der Waals surface area contributed by atoms with Gasteiger partial charge in [-0.3, -0.25) is 0 Å². The van der Waals surface area contributed by atoms with Gasteiger partial charge in [0.25, 0.3) is 0 Å². The molecule has 1 aromatic rings. The molecule has 0 heterocycles. The van der Waals surface area contributed by atoms with Crippen LogP contribution in [0.4, 0.5) is 0 Å². The van der Waals surface area contributed by atoms with Crippen LogP contribution in [0.1, 0.15) is 30.5 Å². The van der Waals surface area contributed by atoms with E-state index in [1.165, 1.54) is 16.7 Å². The van der Waals surface area contributed by atoms with E-state index >= 15 is 0 Å². The van der Waals surface area contributed by atoms with E-state index in [1.54, 1.807) is 0 Å². The van der Waals surface area contributed by atoms with Crippen molar-refractivity contribution in [2.24, 2.45) is 0 Å². The lowest BCUT2D eigenvalue weighted by Crippen LogP contribution is -1.94. The molecule has 0 N–H and O–H groups in total. The second-order valence-electron chi connectivity index (χ2n) is 3.90. The second-order valence-corrected chi connectivity index (χ2v) is 3.90. The highest BCUT2D eigenvalue weighted by Crippen LogP contribution is 2.15. The Hall–Kier alpha value is -1.30. The molecule has 0 spiro atoms. The summed E-state index contributed by atoms with van der Waals surface area (Å²) in [5, 5.41) is 0. The molecule has 85 valence electrons. The number of allylic oxidation sites excluding steroid dienone is 4. The van der Waals surface area contributed by atoms with Crippen molar-refractivity contribution in [1.29, 1.82) is 0 Å². The van der Waals surface area contributed by atoms with E-state index in [4.69, 9.17) is 0 Å². The van der Waals surface area contributed by atoms with Gasteiger partial charge in [-0.2, -0.15) is 0 Å². The minimum atomic E-state index is 0.868. The first-order valence-electron chi connectivity index (χ1n) is 5.94. The van der Waals surface area contributed by atoms with Gasteiger partial charge in [-0.05, 0) is 56.7 Å². The van der Waals surface area contributed by atoms with Crippen LogP contribution in [-0.4, -0.2) is 0 Å². The zero-order valence-corrected chi connectivity index (χ0v) is 10.4. The van der Waals surface area contributed by atoms with Gasteiger partial charge in [-0.1, -0.05) is 42.5 Å². The maximum Gasteiger partial charge on any atom is -0.00946 e. The van der Waals surface area contributed by atoms with Crippen molar-refractivity contribution >= 4 is 0 Å². The predicted octanol–water partition coefficient (Wildman–Crippen LogP) is 4.30. The highest BCUT2D eigenvalue weighted by molar-refractivity contribution is 5.35. The van der Waals surface area contributed by atoms with E-state index in [0.29, 0.717) is 0 Å². The topological polar surface area (TPSA) is 0 Å². The van der Waals surface area contributed by atoms with Gasteiger partial charge in [0.15, 0.2) is 0 Å². The fourth-order valence-electron chi connectivity index (χ4n) is 1.71. The standard InChI is InChI=1S/C16H21/c1-4-7-9-15-12-11-14(6-3)13-16(15)10-8-5-2/h4-5,7-8,11-13H,3,6,9-10H2,1-2H3. The van der Waals surface area contributed by atoms with Crippen molar-refractivity contribution in [3.05, 3.63) is 66.1 Å². The molecule has 0 fully saturated rings. The molecule has 0 saturated heterocycles. The van der Waals surface area contributed by atoms with Crippen LogP contribution in [0.2, 0.25) is 0 Å². The van der Waals surface area contributed by atoms with Gasteiger partial charge >= 0.3 is 0 Å². The molecule has 0 bridgehead atoms. The number of hydrogen-bond donors (Lipinski definition) is 0. The molecule has 0 saturated carbocycles. The Balaban J connectivity index is 2.95.